The third kappa shape index (κ3) is 4.07. The Morgan fingerprint density at radius 1 is 1.32 bits per heavy atom. The van der Waals surface area contributed by atoms with E-state index in [1.165, 1.54) is 41.5 Å². The maximum atomic E-state index is 12.9. The molecule has 2 aromatic rings. The average molecular weight is 328 g/mol. The van der Waals surface area contributed by atoms with E-state index in [2.05, 4.69) is 4.98 Å². The number of halogens is 3. The molecule has 0 saturated heterocycles. The van der Waals surface area contributed by atoms with Crippen molar-refractivity contribution in [3.05, 3.63) is 51.5 Å². The molecule has 0 aliphatic carbocycles. The predicted molar refractivity (Wildman–Crippen MR) is 78.5 cm³/mol. The first-order valence-corrected chi connectivity index (χ1v) is 7.45. The zero-order valence-electron chi connectivity index (χ0n) is 12.1. The van der Waals surface area contributed by atoms with Gasteiger partial charge in [-0.15, -0.1) is 11.3 Å². The van der Waals surface area contributed by atoms with Gasteiger partial charge in [-0.25, -0.2) is 4.98 Å². The van der Waals surface area contributed by atoms with Gasteiger partial charge in [-0.05, 0) is 18.6 Å². The summed E-state index contributed by atoms with van der Waals surface area (Å²) in [6, 6.07) is 5.29. The van der Waals surface area contributed by atoms with Crippen LogP contribution in [0.5, 0.6) is 0 Å². The van der Waals surface area contributed by atoms with Gasteiger partial charge in [0.2, 0.25) is 5.91 Å². The number of carbonyl (C=O) groups excluding carboxylic acids is 1. The van der Waals surface area contributed by atoms with Crippen molar-refractivity contribution in [2.45, 2.75) is 26.1 Å². The van der Waals surface area contributed by atoms with E-state index in [-0.39, 0.29) is 24.4 Å². The average Bonchev–Trinajstić information content (AvgIpc) is 2.83. The normalized spacial score (nSPS) is 11.5. The van der Waals surface area contributed by atoms with Gasteiger partial charge in [-0.3, -0.25) is 4.79 Å². The number of carbonyl (C=O) groups is 1. The highest BCUT2D eigenvalue weighted by Crippen LogP contribution is 2.32. The second-order valence-corrected chi connectivity index (χ2v) is 6.00. The maximum absolute atomic E-state index is 12.9. The van der Waals surface area contributed by atoms with Crippen LogP contribution in [-0.2, 0) is 23.9 Å². The summed E-state index contributed by atoms with van der Waals surface area (Å²) in [6.07, 6.45) is -4.33. The molecule has 3 nitrogen and oxygen atoms in total. The third-order valence-corrected chi connectivity index (χ3v) is 3.98. The highest BCUT2D eigenvalue weighted by Gasteiger charge is 2.33. The zero-order valence-corrected chi connectivity index (χ0v) is 13.0. The molecule has 1 aromatic carbocycles. The minimum Gasteiger partial charge on any atom is -0.341 e. The number of rotatable bonds is 4. The molecule has 22 heavy (non-hydrogen) atoms. The van der Waals surface area contributed by atoms with Crippen molar-refractivity contribution in [3.63, 3.8) is 0 Å². The Balaban J connectivity index is 2.09. The van der Waals surface area contributed by atoms with E-state index in [1.807, 2.05) is 6.92 Å². The molecular weight excluding hydrogens is 313 g/mol. The number of hydrogen-bond acceptors (Lipinski definition) is 3. The lowest BCUT2D eigenvalue weighted by atomic mass is 10.1. The molecule has 1 heterocycles. The van der Waals surface area contributed by atoms with E-state index >= 15 is 0 Å². The highest BCUT2D eigenvalue weighted by atomic mass is 32.1. The number of likely N-dealkylation sites (N-methyl/N-ethyl adjacent to an activating group) is 1. The minimum atomic E-state index is -4.42. The second-order valence-electron chi connectivity index (χ2n) is 4.94. The van der Waals surface area contributed by atoms with Crippen LogP contribution in [-0.4, -0.2) is 22.8 Å². The molecule has 0 aliphatic heterocycles. The summed E-state index contributed by atoms with van der Waals surface area (Å²) in [5.74, 6) is -0.262. The summed E-state index contributed by atoms with van der Waals surface area (Å²) in [7, 11) is 1.49. The van der Waals surface area contributed by atoms with E-state index in [4.69, 9.17) is 0 Å². The van der Waals surface area contributed by atoms with Crippen LogP contribution in [0.15, 0.2) is 29.6 Å². The Hall–Kier alpha value is -1.89. The summed E-state index contributed by atoms with van der Waals surface area (Å²) in [5.41, 5.74) is 0.0166. The van der Waals surface area contributed by atoms with Gasteiger partial charge in [-0.1, -0.05) is 18.2 Å². The molecule has 0 spiro atoms. The Morgan fingerprint density at radius 2 is 2.00 bits per heavy atom. The van der Waals surface area contributed by atoms with Crippen LogP contribution >= 0.6 is 11.3 Å². The van der Waals surface area contributed by atoms with Crippen LogP contribution in [0.1, 0.15) is 21.8 Å². The fourth-order valence-corrected chi connectivity index (χ4v) is 2.67. The molecule has 7 heteroatoms. The SMILES string of the molecule is Cc1nc(CC(=O)N(C)Cc2ccccc2C(F)(F)F)cs1. The van der Waals surface area contributed by atoms with Gasteiger partial charge in [0, 0.05) is 19.0 Å². The molecule has 0 bridgehead atoms. The smallest absolute Gasteiger partial charge is 0.341 e. The monoisotopic (exact) mass is 328 g/mol. The van der Waals surface area contributed by atoms with Crippen molar-refractivity contribution in [2.75, 3.05) is 7.05 Å². The Labute approximate surface area is 130 Å². The molecule has 0 atom stereocenters. The van der Waals surface area contributed by atoms with Gasteiger partial charge in [0.1, 0.15) is 0 Å². The molecule has 2 rings (SSSR count). The number of benzene rings is 1. The lowest BCUT2D eigenvalue weighted by Gasteiger charge is -2.20. The molecular formula is C15H15F3N2OS. The van der Waals surface area contributed by atoms with Crippen LogP contribution in [0.4, 0.5) is 13.2 Å². The molecule has 0 saturated carbocycles. The number of alkyl halides is 3. The summed E-state index contributed by atoms with van der Waals surface area (Å²) >= 11 is 1.44. The fraction of sp³-hybridized carbons (Fsp3) is 0.333. The van der Waals surface area contributed by atoms with E-state index in [0.717, 1.165) is 11.1 Å². The van der Waals surface area contributed by atoms with Crippen LogP contribution < -0.4 is 0 Å². The van der Waals surface area contributed by atoms with Gasteiger partial charge >= 0.3 is 6.18 Å². The lowest BCUT2D eigenvalue weighted by Crippen LogP contribution is -2.29. The van der Waals surface area contributed by atoms with Crippen molar-refractivity contribution in [1.29, 1.82) is 0 Å². The zero-order chi connectivity index (χ0) is 16.3. The highest BCUT2D eigenvalue weighted by molar-refractivity contribution is 7.09. The number of amides is 1. The quantitative estimate of drug-likeness (QED) is 0.858. The molecule has 0 aliphatic rings. The van der Waals surface area contributed by atoms with Crippen molar-refractivity contribution in [3.8, 4) is 0 Å². The Bertz CT molecular complexity index is 667. The van der Waals surface area contributed by atoms with E-state index in [9.17, 15) is 18.0 Å². The summed E-state index contributed by atoms with van der Waals surface area (Å²) in [5, 5.41) is 2.64. The van der Waals surface area contributed by atoms with Gasteiger partial charge < -0.3 is 4.90 Å². The largest absolute Gasteiger partial charge is 0.416 e. The van der Waals surface area contributed by atoms with Gasteiger partial charge in [-0.2, -0.15) is 13.2 Å². The number of nitrogens with zero attached hydrogens (tertiary/aromatic N) is 2. The predicted octanol–water partition coefficient (Wildman–Crippen LogP) is 3.67. The number of thiazole rings is 1. The summed E-state index contributed by atoms with van der Waals surface area (Å²) in [4.78, 5) is 17.6. The van der Waals surface area contributed by atoms with E-state index < -0.39 is 11.7 Å². The molecule has 0 radical (unpaired) electrons. The lowest BCUT2D eigenvalue weighted by molar-refractivity contribution is -0.139. The maximum Gasteiger partial charge on any atom is 0.416 e. The summed E-state index contributed by atoms with van der Waals surface area (Å²) in [6.45, 7) is 1.75. The number of aryl methyl sites for hydroxylation is 1. The van der Waals surface area contributed by atoms with Crippen molar-refractivity contribution >= 4 is 17.2 Å². The molecule has 1 amide bonds. The van der Waals surface area contributed by atoms with E-state index in [0.29, 0.717) is 5.69 Å². The van der Waals surface area contributed by atoms with Crippen LogP contribution in [0, 0.1) is 6.92 Å². The Kier molecular flexibility index (Phi) is 4.85. The number of hydrogen-bond donors (Lipinski definition) is 0. The molecule has 1 aromatic heterocycles. The Morgan fingerprint density at radius 3 is 2.59 bits per heavy atom. The van der Waals surface area contributed by atoms with Gasteiger partial charge in [0.05, 0.1) is 22.7 Å². The minimum absolute atomic E-state index is 0.0836. The topological polar surface area (TPSA) is 33.2 Å². The molecule has 0 fully saturated rings. The van der Waals surface area contributed by atoms with Crippen molar-refractivity contribution in [1.82, 2.24) is 9.88 Å². The number of aromatic nitrogens is 1. The first-order chi connectivity index (χ1) is 10.3. The first-order valence-electron chi connectivity index (χ1n) is 6.57. The molecule has 0 unspecified atom stereocenters. The van der Waals surface area contributed by atoms with Crippen LogP contribution in [0.25, 0.3) is 0 Å². The second kappa shape index (κ2) is 6.48. The van der Waals surface area contributed by atoms with Crippen LogP contribution in [0.2, 0.25) is 0 Å². The molecule has 0 N–H and O–H groups in total. The summed E-state index contributed by atoms with van der Waals surface area (Å²) < 4.78 is 38.8. The fourth-order valence-electron chi connectivity index (χ4n) is 2.06. The standard InChI is InChI=1S/C15H15F3N2OS/c1-10-19-12(9-22-10)7-14(21)20(2)8-11-5-3-4-6-13(11)15(16,17)18/h3-6,9H,7-8H2,1-2H3. The third-order valence-electron chi connectivity index (χ3n) is 3.15. The van der Waals surface area contributed by atoms with Crippen LogP contribution in [0.3, 0.4) is 0 Å². The first kappa shape index (κ1) is 16.5. The van der Waals surface area contributed by atoms with Gasteiger partial charge in [0.15, 0.2) is 0 Å². The van der Waals surface area contributed by atoms with Crippen molar-refractivity contribution in [2.24, 2.45) is 0 Å². The van der Waals surface area contributed by atoms with E-state index in [1.54, 1.807) is 5.38 Å². The van der Waals surface area contributed by atoms with Gasteiger partial charge in [0.25, 0.3) is 0 Å². The molecule has 118 valence electrons. The van der Waals surface area contributed by atoms with Crippen molar-refractivity contribution < 1.29 is 18.0 Å².